The van der Waals surface area contributed by atoms with Gasteiger partial charge >= 0.3 is 0 Å². The standard InChI is InChI=1S/C18H26N2O2/c1-13-8-7-11-16(14(13)2)20-18(22)12-17(21)19-15-9-5-3-4-6-10-15/h7-8,11,15H,3-6,9-10,12H2,1-2H3,(H,19,21)(H,20,22). The third kappa shape index (κ3) is 4.86. The number of hydrogen-bond donors (Lipinski definition) is 2. The van der Waals surface area contributed by atoms with Crippen molar-refractivity contribution in [2.45, 2.75) is 64.8 Å². The highest BCUT2D eigenvalue weighted by Crippen LogP contribution is 2.19. The van der Waals surface area contributed by atoms with E-state index in [4.69, 9.17) is 0 Å². The number of rotatable bonds is 4. The number of anilines is 1. The third-order valence-corrected chi connectivity index (χ3v) is 4.42. The van der Waals surface area contributed by atoms with Crippen LogP contribution in [0.3, 0.4) is 0 Å². The molecule has 0 radical (unpaired) electrons. The maximum absolute atomic E-state index is 12.0. The quantitative estimate of drug-likeness (QED) is 0.661. The van der Waals surface area contributed by atoms with Gasteiger partial charge in [0.1, 0.15) is 6.42 Å². The van der Waals surface area contributed by atoms with E-state index in [0.717, 1.165) is 29.7 Å². The minimum absolute atomic E-state index is 0.107. The van der Waals surface area contributed by atoms with Gasteiger partial charge in [0, 0.05) is 11.7 Å². The van der Waals surface area contributed by atoms with Crippen molar-refractivity contribution in [3.63, 3.8) is 0 Å². The highest BCUT2D eigenvalue weighted by atomic mass is 16.2. The first-order chi connectivity index (χ1) is 10.6. The van der Waals surface area contributed by atoms with Crippen molar-refractivity contribution < 1.29 is 9.59 Å². The van der Waals surface area contributed by atoms with E-state index in [1.165, 1.54) is 25.7 Å². The summed E-state index contributed by atoms with van der Waals surface area (Å²) in [7, 11) is 0. The smallest absolute Gasteiger partial charge is 0.233 e. The lowest BCUT2D eigenvalue weighted by Gasteiger charge is -2.16. The summed E-state index contributed by atoms with van der Waals surface area (Å²) in [5.41, 5.74) is 2.95. The van der Waals surface area contributed by atoms with Gasteiger partial charge in [-0.3, -0.25) is 9.59 Å². The van der Waals surface area contributed by atoms with Crippen molar-refractivity contribution in [2.75, 3.05) is 5.32 Å². The van der Waals surface area contributed by atoms with Crippen molar-refractivity contribution in [3.8, 4) is 0 Å². The monoisotopic (exact) mass is 302 g/mol. The molecule has 0 atom stereocenters. The Morgan fingerprint density at radius 3 is 2.41 bits per heavy atom. The molecule has 0 unspecified atom stereocenters. The lowest BCUT2D eigenvalue weighted by atomic mass is 10.1. The summed E-state index contributed by atoms with van der Waals surface area (Å²) in [4.78, 5) is 24.0. The van der Waals surface area contributed by atoms with Gasteiger partial charge < -0.3 is 10.6 Å². The van der Waals surface area contributed by atoms with Gasteiger partial charge in [0.2, 0.25) is 11.8 Å². The van der Waals surface area contributed by atoms with Gasteiger partial charge in [-0.25, -0.2) is 0 Å². The molecule has 4 heteroatoms. The molecule has 1 fully saturated rings. The van der Waals surface area contributed by atoms with Crippen LogP contribution < -0.4 is 10.6 Å². The summed E-state index contributed by atoms with van der Waals surface area (Å²) in [6, 6.07) is 6.01. The Morgan fingerprint density at radius 1 is 1.05 bits per heavy atom. The van der Waals surface area contributed by atoms with Crippen molar-refractivity contribution in [1.29, 1.82) is 0 Å². The van der Waals surface area contributed by atoms with Crippen LogP contribution >= 0.6 is 0 Å². The van der Waals surface area contributed by atoms with Gasteiger partial charge in [-0.05, 0) is 43.9 Å². The Morgan fingerprint density at radius 2 is 1.73 bits per heavy atom. The van der Waals surface area contributed by atoms with Crippen LogP contribution in [-0.4, -0.2) is 17.9 Å². The zero-order valence-corrected chi connectivity index (χ0v) is 13.6. The molecule has 0 saturated heterocycles. The Bertz CT molecular complexity index is 532. The minimum atomic E-state index is -0.250. The van der Waals surface area contributed by atoms with Crippen molar-refractivity contribution in [3.05, 3.63) is 29.3 Å². The summed E-state index contributed by atoms with van der Waals surface area (Å²) in [5, 5.41) is 5.83. The number of amides is 2. The van der Waals surface area contributed by atoms with Crippen LogP contribution in [-0.2, 0) is 9.59 Å². The normalized spacial score (nSPS) is 15.9. The average molecular weight is 302 g/mol. The molecular formula is C18H26N2O2. The van der Waals surface area contributed by atoms with Gasteiger partial charge in [-0.1, -0.05) is 37.8 Å². The lowest BCUT2D eigenvalue weighted by Crippen LogP contribution is -2.36. The van der Waals surface area contributed by atoms with E-state index in [0.29, 0.717) is 0 Å². The van der Waals surface area contributed by atoms with Crippen LogP contribution in [0, 0.1) is 13.8 Å². The Hall–Kier alpha value is -1.84. The highest BCUT2D eigenvalue weighted by molar-refractivity contribution is 6.03. The minimum Gasteiger partial charge on any atom is -0.353 e. The first-order valence-electron chi connectivity index (χ1n) is 8.21. The number of carbonyl (C=O) groups is 2. The molecular weight excluding hydrogens is 276 g/mol. The SMILES string of the molecule is Cc1cccc(NC(=O)CC(=O)NC2CCCCCC2)c1C. The van der Waals surface area contributed by atoms with Crippen molar-refractivity contribution >= 4 is 17.5 Å². The highest BCUT2D eigenvalue weighted by Gasteiger charge is 2.17. The molecule has 4 nitrogen and oxygen atoms in total. The Balaban J connectivity index is 1.83. The van der Waals surface area contributed by atoms with E-state index in [-0.39, 0.29) is 24.3 Å². The number of carbonyl (C=O) groups excluding carboxylic acids is 2. The second kappa shape index (κ2) is 7.97. The van der Waals surface area contributed by atoms with E-state index in [1.54, 1.807) is 0 Å². The predicted molar refractivity (Wildman–Crippen MR) is 88.8 cm³/mol. The first kappa shape index (κ1) is 16.5. The zero-order valence-electron chi connectivity index (χ0n) is 13.6. The third-order valence-electron chi connectivity index (χ3n) is 4.42. The molecule has 0 aliphatic heterocycles. The van der Waals surface area contributed by atoms with E-state index in [2.05, 4.69) is 10.6 Å². The van der Waals surface area contributed by atoms with Gasteiger partial charge in [-0.2, -0.15) is 0 Å². The molecule has 0 heterocycles. The number of nitrogens with one attached hydrogen (secondary N) is 2. The molecule has 2 N–H and O–H groups in total. The number of benzene rings is 1. The fourth-order valence-electron chi connectivity index (χ4n) is 2.93. The van der Waals surface area contributed by atoms with Gasteiger partial charge in [0.05, 0.1) is 0 Å². The predicted octanol–water partition coefficient (Wildman–Crippen LogP) is 3.47. The lowest BCUT2D eigenvalue weighted by molar-refractivity contribution is -0.127. The molecule has 0 spiro atoms. The van der Waals surface area contributed by atoms with Crippen LogP contribution in [0.2, 0.25) is 0 Å². The summed E-state index contributed by atoms with van der Waals surface area (Å²) in [5.74, 6) is -0.422. The molecule has 2 rings (SSSR count). The van der Waals surface area contributed by atoms with Gasteiger partial charge in [0.15, 0.2) is 0 Å². The number of hydrogen-bond acceptors (Lipinski definition) is 2. The van der Waals surface area contributed by atoms with Crippen LogP contribution in [0.1, 0.15) is 56.1 Å². The molecule has 1 saturated carbocycles. The van der Waals surface area contributed by atoms with E-state index in [1.807, 2.05) is 32.0 Å². The van der Waals surface area contributed by atoms with Crippen LogP contribution in [0.4, 0.5) is 5.69 Å². The van der Waals surface area contributed by atoms with Gasteiger partial charge in [0.25, 0.3) is 0 Å². The Labute approximate surface area is 132 Å². The molecule has 0 bridgehead atoms. The molecule has 22 heavy (non-hydrogen) atoms. The van der Waals surface area contributed by atoms with E-state index >= 15 is 0 Å². The molecule has 1 aromatic rings. The fraction of sp³-hybridized carbons (Fsp3) is 0.556. The summed E-state index contributed by atoms with van der Waals surface area (Å²) in [6.45, 7) is 3.97. The summed E-state index contributed by atoms with van der Waals surface area (Å²) >= 11 is 0. The molecule has 120 valence electrons. The summed E-state index contributed by atoms with van der Waals surface area (Å²) in [6.07, 6.45) is 6.79. The molecule has 2 amide bonds. The Kier molecular flexibility index (Phi) is 5.99. The van der Waals surface area contributed by atoms with E-state index < -0.39 is 0 Å². The van der Waals surface area contributed by atoms with Crippen LogP contribution in [0.5, 0.6) is 0 Å². The number of aryl methyl sites for hydroxylation is 1. The largest absolute Gasteiger partial charge is 0.353 e. The maximum Gasteiger partial charge on any atom is 0.233 e. The topological polar surface area (TPSA) is 58.2 Å². The van der Waals surface area contributed by atoms with Crippen LogP contribution in [0.15, 0.2) is 18.2 Å². The van der Waals surface area contributed by atoms with Gasteiger partial charge in [-0.15, -0.1) is 0 Å². The zero-order chi connectivity index (χ0) is 15.9. The van der Waals surface area contributed by atoms with Crippen LogP contribution in [0.25, 0.3) is 0 Å². The second-order valence-electron chi connectivity index (χ2n) is 6.23. The first-order valence-corrected chi connectivity index (χ1v) is 8.21. The van der Waals surface area contributed by atoms with E-state index in [9.17, 15) is 9.59 Å². The summed E-state index contributed by atoms with van der Waals surface area (Å²) < 4.78 is 0. The molecule has 1 aliphatic carbocycles. The average Bonchev–Trinajstić information content (AvgIpc) is 2.72. The second-order valence-corrected chi connectivity index (χ2v) is 6.23. The van der Waals surface area contributed by atoms with Crippen molar-refractivity contribution in [1.82, 2.24) is 5.32 Å². The molecule has 0 aromatic heterocycles. The van der Waals surface area contributed by atoms with Crippen molar-refractivity contribution in [2.24, 2.45) is 0 Å². The molecule has 1 aliphatic rings. The molecule has 1 aromatic carbocycles. The fourth-order valence-corrected chi connectivity index (χ4v) is 2.93. The maximum atomic E-state index is 12.0.